The van der Waals surface area contributed by atoms with E-state index in [1.165, 1.54) is 19.4 Å². The van der Waals surface area contributed by atoms with Gasteiger partial charge in [-0.15, -0.1) is 0 Å². The molecule has 0 aromatic carbocycles. The summed E-state index contributed by atoms with van der Waals surface area (Å²) in [6.45, 7) is 7.35. The van der Waals surface area contributed by atoms with Crippen LogP contribution in [0.2, 0.25) is 0 Å². The number of piperidine rings is 2. The molecule has 2 amide bonds. The van der Waals surface area contributed by atoms with Gasteiger partial charge in [-0.2, -0.15) is 4.98 Å². The fourth-order valence-electron chi connectivity index (χ4n) is 4.15. The predicted octanol–water partition coefficient (Wildman–Crippen LogP) is -0.185. The second-order valence-electron chi connectivity index (χ2n) is 7.87. The average Bonchev–Trinajstić information content (AvgIpc) is 2.72. The van der Waals surface area contributed by atoms with Crippen LogP contribution in [0.1, 0.15) is 25.7 Å². The molecule has 9 heteroatoms. The Hall–Kier alpha value is -2.26. The molecule has 0 aliphatic carbocycles. The van der Waals surface area contributed by atoms with E-state index in [1.807, 2.05) is 0 Å². The highest BCUT2D eigenvalue weighted by Crippen LogP contribution is 2.18. The summed E-state index contributed by atoms with van der Waals surface area (Å²) < 4.78 is 0. The summed E-state index contributed by atoms with van der Waals surface area (Å²) >= 11 is 0. The van der Waals surface area contributed by atoms with Gasteiger partial charge in [0.25, 0.3) is 0 Å². The Balaban J connectivity index is 1.30. The molecule has 0 saturated carbocycles. The molecule has 28 heavy (non-hydrogen) atoms. The fourth-order valence-corrected chi connectivity index (χ4v) is 4.15. The first-order valence-electron chi connectivity index (χ1n) is 10.3. The molecule has 4 heterocycles. The van der Waals surface area contributed by atoms with E-state index in [0.717, 1.165) is 45.2 Å². The van der Waals surface area contributed by atoms with E-state index in [0.29, 0.717) is 24.6 Å². The van der Waals surface area contributed by atoms with Crippen molar-refractivity contribution in [3.8, 4) is 0 Å². The van der Waals surface area contributed by atoms with Crippen LogP contribution in [0.3, 0.4) is 0 Å². The van der Waals surface area contributed by atoms with Crippen molar-refractivity contribution in [3.05, 3.63) is 12.3 Å². The second kappa shape index (κ2) is 8.83. The molecule has 0 radical (unpaired) electrons. The van der Waals surface area contributed by atoms with Crippen molar-refractivity contribution in [3.63, 3.8) is 0 Å². The molecule has 4 rings (SSSR count). The zero-order chi connectivity index (χ0) is 19.3. The zero-order valence-electron chi connectivity index (χ0n) is 16.2. The van der Waals surface area contributed by atoms with Gasteiger partial charge in [0.2, 0.25) is 17.8 Å². The quantitative estimate of drug-likeness (QED) is 0.598. The lowest BCUT2D eigenvalue weighted by Crippen LogP contribution is -2.49. The highest BCUT2D eigenvalue weighted by atomic mass is 16.2. The molecule has 3 N–H and O–H groups in total. The topological polar surface area (TPSA) is 102 Å². The van der Waals surface area contributed by atoms with Crippen molar-refractivity contribution in [2.24, 2.45) is 5.92 Å². The van der Waals surface area contributed by atoms with Crippen molar-refractivity contribution in [2.75, 3.05) is 56.0 Å². The Kier molecular flexibility index (Phi) is 6.01. The van der Waals surface area contributed by atoms with Gasteiger partial charge in [-0.25, -0.2) is 4.98 Å². The molecular weight excluding hydrogens is 358 g/mol. The van der Waals surface area contributed by atoms with Crippen LogP contribution in [-0.2, 0) is 9.59 Å². The van der Waals surface area contributed by atoms with Crippen LogP contribution in [0.15, 0.2) is 12.3 Å². The number of anilines is 2. The third-order valence-electron chi connectivity index (χ3n) is 5.83. The first-order chi connectivity index (χ1) is 13.7. The fraction of sp³-hybridized carbons (Fsp3) is 0.684. The summed E-state index contributed by atoms with van der Waals surface area (Å²) in [4.78, 5) is 37.0. The van der Waals surface area contributed by atoms with Crippen LogP contribution in [-0.4, -0.2) is 78.5 Å². The summed E-state index contributed by atoms with van der Waals surface area (Å²) in [7, 11) is 0. The van der Waals surface area contributed by atoms with E-state index < -0.39 is 6.04 Å². The van der Waals surface area contributed by atoms with Gasteiger partial charge in [-0.05, 0) is 44.3 Å². The van der Waals surface area contributed by atoms with Crippen molar-refractivity contribution < 1.29 is 9.59 Å². The Labute approximate surface area is 165 Å². The van der Waals surface area contributed by atoms with Crippen molar-refractivity contribution in [2.45, 2.75) is 31.7 Å². The molecule has 1 aromatic heterocycles. The van der Waals surface area contributed by atoms with Gasteiger partial charge >= 0.3 is 0 Å². The largest absolute Gasteiger partial charge is 0.358 e. The first-order valence-corrected chi connectivity index (χ1v) is 10.3. The number of carbonyl (C=O) groups excluding carboxylic acids is 2. The first kappa shape index (κ1) is 19.1. The third-order valence-corrected chi connectivity index (χ3v) is 5.83. The molecule has 3 saturated heterocycles. The Morgan fingerprint density at radius 1 is 1.11 bits per heavy atom. The SMILES string of the molecule is O=C1CCC(Nc2ccnc(N3CCN(CC4CCNCC4)CC3)n2)C(=O)N1. The average molecular weight is 387 g/mol. The van der Waals surface area contributed by atoms with Crippen LogP contribution < -0.4 is 20.9 Å². The third kappa shape index (κ3) is 4.77. The molecule has 152 valence electrons. The van der Waals surface area contributed by atoms with Crippen molar-refractivity contribution in [1.29, 1.82) is 0 Å². The van der Waals surface area contributed by atoms with Crippen LogP contribution in [0.4, 0.5) is 11.8 Å². The van der Waals surface area contributed by atoms with E-state index in [1.54, 1.807) is 12.3 Å². The Morgan fingerprint density at radius 2 is 1.89 bits per heavy atom. The van der Waals surface area contributed by atoms with Crippen molar-refractivity contribution in [1.82, 2.24) is 25.5 Å². The van der Waals surface area contributed by atoms with E-state index in [-0.39, 0.29) is 11.8 Å². The van der Waals surface area contributed by atoms with Gasteiger partial charge in [-0.3, -0.25) is 19.8 Å². The Morgan fingerprint density at radius 3 is 2.64 bits per heavy atom. The molecule has 1 unspecified atom stereocenters. The van der Waals surface area contributed by atoms with Gasteiger partial charge in [0.15, 0.2) is 0 Å². The van der Waals surface area contributed by atoms with Gasteiger partial charge < -0.3 is 15.5 Å². The number of hydrogen-bond acceptors (Lipinski definition) is 8. The summed E-state index contributed by atoms with van der Waals surface area (Å²) in [6, 6.07) is 1.34. The van der Waals surface area contributed by atoms with Gasteiger partial charge in [0.1, 0.15) is 11.9 Å². The second-order valence-corrected chi connectivity index (χ2v) is 7.87. The summed E-state index contributed by atoms with van der Waals surface area (Å²) in [5.74, 6) is 1.62. The number of rotatable bonds is 5. The summed E-state index contributed by atoms with van der Waals surface area (Å²) in [5.41, 5.74) is 0. The number of nitrogens with zero attached hydrogens (tertiary/aromatic N) is 4. The van der Waals surface area contributed by atoms with Crippen molar-refractivity contribution >= 4 is 23.6 Å². The molecule has 1 atom stereocenters. The lowest BCUT2D eigenvalue weighted by Gasteiger charge is -2.37. The minimum atomic E-state index is -0.428. The van der Waals surface area contributed by atoms with Crippen LogP contribution in [0, 0.1) is 5.92 Å². The van der Waals surface area contributed by atoms with Crippen LogP contribution >= 0.6 is 0 Å². The number of hydrogen-bond donors (Lipinski definition) is 3. The van der Waals surface area contributed by atoms with Crippen LogP contribution in [0.25, 0.3) is 0 Å². The molecule has 0 spiro atoms. The molecule has 9 nitrogen and oxygen atoms in total. The predicted molar refractivity (Wildman–Crippen MR) is 106 cm³/mol. The molecule has 0 bridgehead atoms. The maximum atomic E-state index is 11.9. The maximum absolute atomic E-state index is 11.9. The lowest BCUT2D eigenvalue weighted by molar-refractivity contribution is -0.133. The number of carbonyl (C=O) groups is 2. The molecule has 3 fully saturated rings. The monoisotopic (exact) mass is 387 g/mol. The molecular formula is C19H29N7O2. The Bertz CT molecular complexity index is 699. The number of amides is 2. The zero-order valence-corrected chi connectivity index (χ0v) is 16.2. The van der Waals surface area contributed by atoms with Gasteiger partial charge in [-0.1, -0.05) is 0 Å². The van der Waals surface area contributed by atoms with E-state index in [9.17, 15) is 9.59 Å². The maximum Gasteiger partial charge on any atom is 0.249 e. The lowest BCUT2D eigenvalue weighted by atomic mass is 9.97. The molecule has 3 aliphatic heterocycles. The van der Waals surface area contributed by atoms with E-state index in [4.69, 9.17) is 0 Å². The number of nitrogens with one attached hydrogen (secondary N) is 3. The highest BCUT2D eigenvalue weighted by Gasteiger charge is 2.27. The van der Waals surface area contributed by atoms with E-state index in [2.05, 4.69) is 35.7 Å². The van der Waals surface area contributed by atoms with E-state index >= 15 is 0 Å². The van der Waals surface area contributed by atoms with Crippen LogP contribution in [0.5, 0.6) is 0 Å². The smallest absolute Gasteiger partial charge is 0.249 e. The number of piperazine rings is 1. The summed E-state index contributed by atoms with van der Waals surface area (Å²) in [5, 5.41) is 8.93. The van der Waals surface area contributed by atoms with Gasteiger partial charge in [0.05, 0.1) is 0 Å². The molecule has 3 aliphatic rings. The standard InChI is InChI=1S/C19H29N7O2/c27-17-2-1-15(18(28)24-17)22-16-5-8-21-19(23-16)26-11-9-25(10-12-26)13-14-3-6-20-7-4-14/h5,8,14-15,20H,1-4,6-7,9-13H2,(H,21,22,23)(H,24,27,28). The number of imide groups is 1. The summed E-state index contributed by atoms with van der Waals surface area (Å²) in [6.07, 6.45) is 5.10. The normalized spacial score (nSPS) is 24.9. The minimum absolute atomic E-state index is 0.214. The van der Waals surface area contributed by atoms with Gasteiger partial charge in [0, 0.05) is 45.3 Å². The highest BCUT2D eigenvalue weighted by molar-refractivity contribution is 6.01. The molecule has 1 aromatic rings. The number of aromatic nitrogens is 2. The minimum Gasteiger partial charge on any atom is -0.358 e.